The molecule has 5 nitrogen and oxygen atoms in total. The van der Waals surface area contributed by atoms with Crippen LogP contribution in [-0.2, 0) is 6.61 Å². The Kier molecular flexibility index (Phi) is 3.09. The van der Waals surface area contributed by atoms with Crippen LogP contribution in [0.2, 0.25) is 0 Å². The van der Waals surface area contributed by atoms with Crippen molar-refractivity contribution in [2.75, 3.05) is 0 Å². The van der Waals surface area contributed by atoms with Gasteiger partial charge < -0.3 is 14.8 Å². The van der Waals surface area contributed by atoms with Gasteiger partial charge in [0.2, 0.25) is 0 Å². The van der Waals surface area contributed by atoms with E-state index in [4.69, 9.17) is 9.84 Å². The lowest BCUT2D eigenvalue weighted by molar-refractivity contribution is 0.0699. The van der Waals surface area contributed by atoms with E-state index in [1.165, 1.54) is 6.07 Å². The Hall–Kier alpha value is -2.82. The Labute approximate surface area is 114 Å². The molecule has 0 unspecified atom stereocenters. The molecule has 2 aromatic carbocycles. The molecule has 0 atom stereocenters. The number of nitrogens with one attached hydrogen (secondary N) is 1. The normalized spacial score (nSPS) is 10.6. The maximum absolute atomic E-state index is 11.1. The maximum atomic E-state index is 11.1. The van der Waals surface area contributed by atoms with E-state index in [-0.39, 0.29) is 12.2 Å². The number of rotatable bonds is 4. The van der Waals surface area contributed by atoms with Gasteiger partial charge in [0, 0.05) is 0 Å². The molecule has 1 aromatic heterocycles. The largest absolute Gasteiger partial charge is 0.486 e. The monoisotopic (exact) mass is 268 g/mol. The molecule has 0 aliphatic rings. The first-order chi connectivity index (χ1) is 9.74. The van der Waals surface area contributed by atoms with Crippen LogP contribution in [0.1, 0.15) is 16.2 Å². The molecule has 0 bridgehead atoms. The van der Waals surface area contributed by atoms with Crippen LogP contribution in [-0.4, -0.2) is 21.0 Å². The van der Waals surface area contributed by atoms with Crippen LogP contribution in [0.5, 0.6) is 5.75 Å². The van der Waals surface area contributed by atoms with Crippen molar-refractivity contribution < 1.29 is 14.6 Å². The molecule has 0 aliphatic carbocycles. The molecular weight excluding hydrogens is 256 g/mol. The molecule has 1 heterocycles. The average Bonchev–Trinajstić information content (AvgIpc) is 2.88. The zero-order chi connectivity index (χ0) is 13.9. The third-order valence-electron chi connectivity index (χ3n) is 2.91. The molecule has 0 radical (unpaired) electrons. The highest BCUT2D eigenvalue weighted by Crippen LogP contribution is 2.18. The van der Waals surface area contributed by atoms with Crippen molar-refractivity contribution in [1.82, 2.24) is 9.97 Å². The number of ether oxygens (including phenoxy) is 1. The molecule has 0 aliphatic heterocycles. The van der Waals surface area contributed by atoms with Crippen molar-refractivity contribution in [3.8, 4) is 5.75 Å². The predicted molar refractivity (Wildman–Crippen MR) is 73.8 cm³/mol. The van der Waals surface area contributed by atoms with Crippen molar-refractivity contribution in [2.24, 2.45) is 0 Å². The highest BCUT2D eigenvalue weighted by molar-refractivity contribution is 6.00. The number of aromatic nitrogens is 2. The standard InChI is InChI=1S/C15H12N2O3/c18-15(19)11-7-4-8-12-14(11)17-13(16-12)9-20-10-5-2-1-3-6-10/h1-8H,9H2,(H,16,17)(H,18,19). The van der Waals surface area contributed by atoms with Gasteiger partial charge in [0.1, 0.15) is 23.7 Å². The van der Waals surface area contributed by atoms with E-state index in [1.54, 1.807) is 12.1 Å². The fourth-order valence-corrected chi connectivity index (χ4v) is 1.99. The van der Waals surface area contributed by atoms with Crippen molar-refractivity contribution in [2.45, 2.75) is 6.61 Å². The first-order valence-corrected chi connectivity index (χ1v) is 6.13. The summed E-state index contributed by atoms with van der Waals surface area (Å²) in [7, 11) is 0. The second-order valence-electron chi connectivity index (χ2n) is 4.29. The molecule has 3 aromatic rings. The van der Waals surface area contributed by atoms with Gasteiger partial charge in [-0.1, -0.05) is 24.3 Å². The smallest absolute Gasteiger partial charge is 0.337 e. The first-order valence-electron chi connectivity index (χ1n) is 6.13. The van der Waals surface area contributed by atoms with E-state index in [2.05, 4.69) is 9.97 Å². The van der Waals surface area contributed by atoms with E-state index in [9.17, 15) is 4.79 Å². The maximum Gasteiger partial charge on any atom is 0.337 e. The summed E-state index contributed by atoms with van der Waals surface area (Å²) in [6.07, 6.45) is 0. The molecular formula is C15H12N2O3. The van der Waals surface area contributed by atoms with Gasteiger partial charge in [0.15, 0.2) is 0 Å². The fourth-order valence-electron chi connectivity index (χ4n) is 1.99. The van der Waals surface area contributed by atoms with Gasteiger partial charge in [0.25, 0.3) is 0 Å². The molecule has 0 spiro atoms. The van der Waals surface area contributed by atoms with Crippen LogP contribution in [0.25, 0.3) is 11.0 Å². The summed E-state index contributed by atoms with van der Waals surface area (Å²) in [6.45, 7) is 0.262. The van der Waals surface area contributed by atoms with Gasteiger partial charge in [0.05, 0.1) is 11.1 Å². The van der Waals surface area contributed by atoms with Gasteiger partial charge in [-0.15, -0.1) is 0 Å². The zero-order valence-electron chi connectivity index (χ0n) is 10.5. The Morgan fingerprint density at radius 3 is 2.70 bits per heavy atom. The molecule has 3 rings (SSSR count). The van der Waals surface area contributed by atoms with E-state index < -0.39 is 5.97 Å². The minimum Gasteiger partial charge on any atom is -0.486 e. The second kappa shape index (κ2) is 5.05. The van der Waals surface area contributed by atoms with E-state index in [0.717, 1.165) is 5.75 Å². The Morgan fingerprint density at radius 2 is 1.95 bits per heavy atom. The van der Waals surface area contributed by atoms with Crippen LogP contribution in [0.3, 0.4) is 0 Å². The number of carbonyl (C=O) groups is 1. The van der Waals surface area contributed by atoms with E-state index in [0.29, 0.717) is 16.9 Å². The third kappa shape index (κ3) is 2.33. The van der Waals surface area contributed by atoms with Crippen LogP contribution in [0.4, 0.5) is 0 Å². The SMILES string of the molecule is O=C(O)c1cccc2[nH]c(COc3ccccc3)nc12. The number of imidazole rings is 1. The number of hydrogen-bond donors (Lipinski definition) is 2. The number of hydrogen-bond acceptors (Lipinski definition) is 3. The molecule has 0 amide bonds. The van der Waals surface area contributed by atoms with Gasteiger partial charge >= 0.3 is 5.97 Å². The average molecular weight is 268 g/mol. The van der Waals surface area contributed by atoms with Crippen LogP contribution < -0.4 is 4.74 Å². The summed E-state index contributed by atoms with van der Waals surface area (Å²) in [5.41, 5.74) is 1.33. The number of para-hydroxylation sites is 2. The van der Waals surface area contributed by atoms with Crippen LogP contribution >= 0.6 is 0 Å². The van der Waals surface area contributed by atoms with Crippen molar-refractivity contribution in [3.05, 3.63) is 59.9 Å². The number of benzene rings is 2. The molecule has 0 saturated heterocycles. The molecule has 5 heteroatoms. The fraction of sp³-hybridized carbons (Fsp3) is 0.0667. The molecule has 2 N–H and O–H groups in total. The van der Waals surface area contributed by atoms with E-state index >= 15 is 0 Å². The summed E-state index contributed by atoms with van der Waals surface area (Å²) in [6, 6.07) is 14.4. The number of aromatic amines is 1. The number of H-pyrrole nitrogens is 1. The highest BCUT2D eigenvalue weighted by atomic mass is 16.5. The minimum atomic E-state index is -0.988. The molecule has 20 heavy (non-hydrogen) atoms. The number of carboxylic acid groups (broad SMARTS) is 1. The first kappa shape index (κ1) is 12.2. The van der Waals surface area contributed by atoms with Gasteiger partial charge in [-0.05, 0) is 24.3 Å². The second-order valence-corrected chi connectivity index (χ2v) is 4.29. The van der Waals surface area contributed by atoms with Crippen molar-refractivity contribution in [3.63, 3.8) is 0 Å². The number of carboxylic acids is 1. The lowest BCUT2D eigenvalue weighted by Crippen LogP contribution is -1.98. The topological polar surface area (TPSA) is 75.2 Å². The number of fused-ring (bicyclic) bond motifs is 1. The molecule has 0 saturated carbocycles. The summed E-state index contributed by atoms with van der Waals surface area (Å²) >= 11 is 0. The predicted octanol–water partition coefficient (Wildman–Crippen LogP) is 2.84. The van der Waals surface area contributed by atoms with Crippen molar-refractivity contribution >= 4 is 17.0 Å². The zero-order valence-corrected chi connectivity index (χ0v) is 10.5. The number of aromatic carboxylic acids is 1. The lowest BCUT2D eigenvalue weighted by Gasteiger charge is -2.02. The summed E-state index contributed by atoms with van der Waals surface area (Å²) in [5, 5.41) is 9.11. The lowest BCUT2D eigenvalue weighted by atomic mass is 10.2. The van der Waals surface area contributed by atoms with Gasteiger partial charge in [-0.2, -0.15) is 0 Å². The molecule has 0 fully saturated rings. The Morgan fingerprint density at radius 1 is 1.15 bits per heavy atom. The number of nitrogens with zero attached hydrogens (tertiary/aromatic N) is 1. The summed E-state index contributed by atoms with van der Waals surface area (Å²) in [5.74, 6) is 0.349. The van der Waals surface area contributed by atoms with Gasteiger partial charge in [-0.3, -0.25) is 0 Å². The van der Waals surface area contributed by atoms with Gasteiger partial charge in [-0.25, -0.2) is 9.78 Å². The quantitative estimate of drug-likeness (QED) is 0.763. The van der Waals surface area contributed by atoms with Crippen LogP contribution in [0.15, 0.2) is 48.5 Å². The molecule has 100 valence electrons. The highest BCUT2D eigenvalue weighted by Gasteiger charge is 2.12. The summed E-state index contributed by atoms with van der Waals surface area (Å²) in [4.78, 5) is 18.5. The minimum absolute atomic E-state index is 0.185. The third-order valence-corrected chi connectivity index (χ3v) is 2.91. The van der Waals surface area contributed by atoms with Crippen molar-refractivity contribution in [1.29, 1.82) is 0 Å². The Bertz CT molecular complexity index is 750. The summed E-state index contributed by atoms with van der Waals surface area (Å²) < 4.78 is 5.58. The van der Waals surface area contributed by atoms with E-state index in [1.807, 2.05) is 30.3 Å². The Balaban J connectivity index is 1.86. The van der Waals surface area contributed by atoms with Crippen LogP contribution in [0, 0.1) is 0 Å².